The summed E-state index contributed by atoms with van der Waals surface area (Å²) in [7, 11) is 0. The molecule has 0 saturated carbocycles. The molecule has 0 aliphatic carbocycles. The molecule has 6 nitrogen and oxygen atoms in total. The van der Waals surface area contributed by atoms with Crippen LogP contribution >= 0.6 is 24.0 Å². The molecule has 1 aliphatic rings. The summed E-state index contributed by atoms with van der Waals surface area (Å²) >= 11 is 0. The molecule has 28 heavy (non-hydrogen) atoms. The standard InChI is InChI=1S/C21H26N4O2.HI/c1-15(2)27-19-9-7-18(8-10-19)24-21(22)23-13-20(26)25-12-11-16-5-3-4-6-17(16)14-25;/h3-10,15H,11-14H2,1-2H3,(H3,22,23,24);1H. The smallest absolute Gasteiger partial charge is 0.244 e. The normalized spacial score (nSPS) is 13.5. The Labute approximate surface area is 183 Å². The zero-order valence-electron chi connectivity index (χ0n) is 16.2. The number of amides is 1. The van der Waals surface area contributed by atoms with Gasteiger partial charge in [0.15, 0.2) is 5.96 Å². The van der Waals surface area contributed by atoms with Crippen LogP contribution in [0.25, 0.3) is 0 Å². The molecule has 3 N–H and O–H groups in total. The maximum Gasteiger partial charge on any atom is 0.244 e. The summed E-state index contributed by atoms with van der Waals surface area (Å²) in [6.07, 6.45) is 1.01. The molecule has 1 aliphatic heterocycles. The van der Waals surface area contributed by atoms with Gasteiger partial charge < -0.3 is 20.7 Å². The molecule has 3 rings (SSSR count). The number of carbonyl (C=O) groups is 1. The number of halogens is 1. The molecule has 1 amide bonds. The monoisotopic (exact) mass is 494 g/mol. The van der Waals surface area contributed by atoms with E-state index < -0.39 is 0 Å². The average molecular weight is 494 g/mol. The fourth-order valence-corrected chi connectivity index (χ4v) is 3.04. The Morgan fingerprint density at radius 3 is 2.54 bits per heavy atom. The molecule has 0 atom stereocenters. The topological polar surface area (TPSA) is 80.0 Å². The van der Waals surface area contributed by atoms with E-state index in [2.05, 4.69) is 22.4 Å². The minimum absolute atomic E-state index is 0. The zero-order chi connectivity index (χ0) is 19.2. The van der Waals surface area contributed by atoms with Crippen LogP contribution in [0.2, 0.25) is 0 Å². The minimum Gasteiger partial charge on any atom is -0.491 e. The van der Waals surface area contributed by atoms with E-state index in [1.54, 1.807) is 0 Å². The number of hydrogen-bond donors (Lipinski definition) is 2. The van der Waals surface area contributed by atoms with Crippen LogP contribution in [0.5, 0.6) is 5.75 Å². The number of nitrogens with two attached hydrogens (primary N) is 1. The Balaban J connectivity index is 0.00000280. The van der Waals surface area contributed by atoms with E-state index in [4.69, 9.17) is 10.5 Å². The number of carbonyl (C=O) groups excluding carboxylic acids is 1. The van der Waals surface area contributed by atoms with E-state index >= 15 is 0 Å². The number of fused-ring (bicyclic) bond motifs is 1. The number of nitrogens with one attached hydrogen (secondary N) is 1. The third kappa shape index (κ3) is 6.12. The molecule has 2 aromatic rings. The van der Waals surface area contributed by atoms with Gasteiger partial charge in [0.1, 0.15) is 12.3 Å². The molecule has 150 valence electrons. The molecular weight excluding hydrogens is 467 g/mol. The van der Waals surface area contributed by atoms with Crippen LogP contribution in [0.4, 0.5) is 5.69 Å². The molecule has 7 heteroatoms. The fraction of sp³-hybridized carbons (Fsp3) is 0.333. The van der Waals surface area contributed by atoms with E-state index in [1.165, 1.54) is 11.1 Å². The summed E-state index contributed by atoms with van der Waals surface area (Å²) < 4.78 is 5.61. The van der Waals surface area contributed by atoms with Gasteiger partial charge in [-0.05, 0) is 55.7 Å². The lowest BCUT2D eigenvalue weighted by Gasteiger charge is -2.28. The van der Waals surface area contributed by atoms with Crippen LogP contribution < -0.4 is 15.8 Å². The lowest BCUT2D eigenvalue weighted by Crippen LogP contribution is -2.38. The number of hydrogen-bond acceptors (Lipinski definition) is 3. The van der Waals surface area contributed by atoms with Crippen molar-refractivity contribution in [2.75, 3.05) is 18.4 Å². The third-order valence-corrected chi connectivity index (χ3v) is 4.37. The Bertz CT molecular complexity index is 821. The molecule has 0 saturated heterocycles. The number of guanidine groups is 1. The summed E-state index contributed by atoms with van der Waals surface area (Å²) in [6, 6.07) is 15.7. The van der Waals surface area contributed by atoms with Crippen molar-refractivity contribution in [3.8, 4) is 5.75 Å². The molecule has 0 aromatic heterocycles. The molecule has 0 unspecified atom stereocenters. The average Bonchev–Trinajstić information content (AvgIpc) is 2.67. The Hall–Kier alpha value is -2.29. The molecule has 0 bridgehead atoms. The van der Waals surface area contributed by atoms with Crippen molar-refractivity contribution < 1.29 is 9.53 Å². The first kappa shape index (κ1) is 22.0. The number of benzene rings is 2. The second kappa shape index (κ2) is 10.3. The van der Waals surface area contributed by atoms with Gasteiger partial charge in [0.05, 0.1) is 6.10 Å². The summed E-state index contributed by atoms with van der Waals surface area (Å²) in [5, 5.41) is 3.00. The number of rotatable bonds is 5. The van der Waals surface area contributed by atoms with Crippen LogP contribution in [0.3, 0.4) is 0 Å². The van der Waals surface area contributed by atoms with E-state index in [9.17, 15) is 4.79 Å². The van der Waals surface area contributed by atoms with Gasteiger partial charge >= 0.3 is 0 Å². The van der Waals surface area contributed by atoms with Gasteiger partial charge in [-0.2, -0.15) is 0 Å². The van der Waals surface area contributed by atoms with Gasteiger partial charge in [0.2, 0.25) is 5.91 Å². The first-order valence-corrected chi connectivity index (χ1v) is 9.19. The lowest BCUT2D eigenvalue weighted by molar-refractivity contribution is -0.130. The molecule has 0 fully saturated rings. The number of anilines is 1. The van der Waals surface area contributed by atoms with E-state index in [1.807, 2.05) is 55.1 Å². The molecule has 0 spiro atoms. The Morgan fingerprint density at radius 1 is 1.18 bits per heavy atom. The largest absolute Gasteiger partial charge is 0.491 e. The third-order valence-electron chi connectivity index (χ3n) is 4.37. The van der Waals surface area contributed by atoms with Crippen LogP contribution in [-0.4, -0.2) is 36.0 Å². The van der Waals surface area contributed by atoms with Crippen LogP contribution in [0.1, 0.15) is 25.0 Å². The number of aliphatic imine (C=N–C) groups is 1. The van der Waals surface area contributed by atoms with E-state index in [0.717, 1.165) is 24.4 Å². The maximum atomic E-state index is 12.4. The highest BCUT2D eigenvalue weighted by Crippen LogP contribution is 2.19. The van der Waals surface area contributed by atoms with Crippen molar-refractivity contribution in [1.29, 1.82) is 0 Å². The Morgan fingerprint density at radius 2 is 1.86 bits per heavy atom. The predicted molar refractivity (Wildman–Crippen MR) is 123 cm³/mol. The minimum atomic E-state index is -0.0186. The fourth-order valence-electron chi connectivity index (χ4n) is 3.04. The van der Waals surface area contributed by atoms with Gasteiger partial charge in [0, 0.05) is 18.8 Å². The Kier molecular flexibility index (Phi) is 8.10. The van der Waals surface area contributed by atoms with E-state index in [0.29, 0.717) is 6.54 Å². The molecular formula is C21H27IN4O2. The molecule has 1 heterocycles. The van der Waals surface area contributed by atoms with Gasteiger partial charge in [-0.15, -0.1) is 24.0 Å². The first-order valence-electron chi connectivity index (χ1n) is 9.19. The van der Waals surface area contributed by atoms with Gasteiger partial charge in [-0.25, -0.2) is 4.99 Å². The predicted octanol–water partition coefficient (Wildman–Crippen LogP) is 3.40. The van der Waals surface area contributed by atoms with Crippen molar-refractivity contribution >= 4 is 41.5 Å². The molecule has 2 aromatic carbocycles. The second-order valence-corrected chi connectivity index (χ2v) is 6.85. The quantitative estimate of drug-likeness (QED) is 0.380. The summed E-state index contributed by atoms with van der Waals surface area (Å²) in [6.45, 7) is 5.35. The number of nitrogens with zero attached hydrogens (tertiary/aromatic N) is 2. The van der Waals surface area contributed by atoms with Gasteiger partial charge in [-0.3, -0.25) is 4.79 Å². The van der Waals surface area contributed by atoms with Crippen molar-refractivity contribution in [3.63, 3.8) is 0 Å². The summed E-state index contributed by atoms with van der Waals surface area (Å²) in [5.41, 5.74) is 9.23. The lowest BCUT2D eigenvalue weighted by atomic mass is 10.00. The van der Waals surface area contributed by atoms with Crippen LogP contribution in [-0.2, 0) is 17.8 Å². The van der Waals surface area contributed by atoms with Crippen molar-refractivity contribution in [2.24, 2.45) is 10.7 Å². The van der Waals surface area contributed by atoms with Crippen LogP contribution in [0, 0.1) is 0 Å². The van der Waals surface area contributed by atoms with Crippen molar-refractivity contribution in [2.45, 2.75) is 32.9 Å². The summed E-state index contributed by atoms with van der Waals surface area (Å²) in [5.74, 6) is 1.000. The summed E-state index contributed by atoms with van der Waals surface area (Å²) in [4.78, 5) is 18.4. The highest BCUT2D eigenvalue weighted by molar-refractivity contribution is 14.0. The maximum absolute atomic E-state index is 12.4. The van der Waals surface area contributed by atoms with E-state index in [-0.39, 0.29) is 48.5 Å². The highest BCUT2D eigenvalue weighted by atomic mass is 127. The SMILES string of the molecule is CC(C)Oc1ccc(NC(N)=NCC(=O)N2CCc3ccccc3C2)cc1.I. The number of ether oxygens (including phenoxy) is 1. The zero-order valence-corrected chi connectivity index (χ0v) is 18.6. The van der Waals surface area contributed by atoms with Crippen molar-refractivity contribution in [1.82, 2.24) is 4.90 Å². The van der Waals surface area contributed by atoms with Crippen LogP contribution in [0.15, 0.2) is 53.5 Å². The molecule has 0 radical (unpaired) electrons. The highest BCUT2D eigenvalue weighted by Gasteiger charge is 2.19. The van der Waals surface area contributed by atoms with Gasteiger partial charge in [0.25, 0.3) is 0 Å². The first-order chi connectivity index (χ1) is 13.0. The van der Waals surface area contributed by atoms with Gasteiger partial charge in [-0.1, -0.05) is 24.3 Å². The second-order valence-electron chi connectivity index (χ2n) is 6.85. The van der Waals surface area contributed by atoms with Crippen molar-refractivity contribution in [3.05, 3.63) is 59.7 Å².